The monoisotopic (exact) mass is 257 g/mol. The zero-order valence-corrected chi connectivity index (χ0v) is 10.3. The number of benzene rings is 1. The van der Waals surface area contributed by atoms with Gasteiger partial charge in [0.1, 0.15) is 0 Å². The van der Waals surface area contributed by atoms with Gasteiger partial charge < -0.3 is 10.4 Å². The van der Waals surface area contributed by atoms with Crippen LogP contribution in [0.4, 0.5) is 0 Å². The summed E-state index contributed by atoms with van der Waals surface area (Å²) in [6.45, 7) is 0.0271. The third-order valence-electron chi connectivity index (χ3n) is 2.16. The van der Waals surface area contributed by atoms with Crippen molar-refractivity contribution in [2.45, 2.75) is 11.3 Å². The maximum atomic E-state index is 11.5. The molecule has 0 radical (unpaired) electrons. The maximum Gasteiger partial charge on any atom is 0.224 e. The van der Waals surface area contributed by atoms with Crippen molar-refractivity contribution >= 4 is 15.7 Å². The minimum Gasteiger partial charge on any atom is -0.395 e. The first-order valence-electron chi connectivity index (χ1n) is 5.10. The molecule has 0 aliphatic carbocycles. The van der Waals surface area contributed by atoms with Gasteiger partial charge in [-0.3, -0.25) is 4.79 Å². The summed E-state index contributed by atoms with van der Waals surface area (Å²) in [4.78, 5) is 11.6. The fraction of sp³-hybridized carbons (Fsp3) is 0.364. The van der Waals surface area contributed by atoms with Crippen molar-refractivity contribution < 1.29 is 18.3 Å². The van der Waals surface area contributed by atoms with E-state index < -0.39 is 9.84 Å². The number of aliphatic hydroxyl groups is 1. The summed E-state index contributed by atoms with van der Waals surface area (Å²) in [7, 11) is -3.33. The average molecular weight is 257 g/mol. The lowest BCUT2D eigenvalue weighted by Gasteiger charge is -2.07. The highest BCUT2D eigenvalue weighted by Crippen LogP contribution is 2.15. The Morgan fingerprint density at radius 2 is 2.00 bits per heavy atom. The molecule has 0 aliphatic rings. The Bertz CT molecular complexity index is 496. The molecule has 0 unspecified atom stereocenters. The predicted molar refractivity (Wildman–Crippen MR) is 63.4 cm³/mol. The largest absolute Gasteiger partial charge is 0.395 e. The summed E-state index contributed by atoms with van der Waals surface area (Å²) in [5.74, 6) is -0.310. The van der Waals surface area contributed by atoms with Gasteiger partial charge >= 0.3 is 0 Å². The van der Waals surface area contributed by atoms with Crippen LogP contribution in [-0.2, 0) is 21.1 Å². The molecular weight excluding hydrogens is 242 g/mol. The Labute approximate surface area is 100 Å². The van der Waals surface area contributed by atoms with Gasteiger partial charge in [-0.15, -0.1) is 0 Å². The van der Waals surface area contributed by atoms with Crippen molar-refractivity contribution in [3.05, 3.63) is 29.8 Å². The molecule has 94 valence electrons. The first-order valence-corrected chi connectivity index (χ1v) is 7.00. The molecule has 0 saturated heterocycles. The summed E-state index contributed by atoms with van der Waals surface area (Å²) in [5.41, 5.74) is 0.463. The van der Waals surface area contributed by atoms with Gasteiger partial charge in [0.15, 0.2) is 9.84 Å². The molecule has 0 spiro atoms. The first kappa shape index (κ1) is 13.7. The third kappa shape index (κ3) is 4.16. The van der Waals surface area contributed by atoms with Crippen LogP contribution >= 0.6 is 0 Å². The molecular formula is C11H15NO4S. The van der Waals surface area contributed by atoms with E-state index in [1.54, 1.807) is 18.2 Å². The highest BCUT2D eigenvalue weighted by atomic mass is 32.2. The number of nitrogens with one attached hydrogen (secondary N) is 1. The number of carbonyl (C=O) groups is 1. The Kier molecular flexibility index (Phi) is 4.65. The molecule has 17 heavy (non-hydrogen) atoms. The fourth-order valence-electron chi connectivity index (χ4n) is 1.44. The SMILES string of the molecule is CS(=O)(=O)c1ccccc1CC(=O)NCCO. The van der Waals surface area contributed by atoms with Gasteiger partial charge in [0, 0.05) is 12.8 Å². The van der Waals surface area contributed by atoms with Gasteiger partial charge in [-0.2, -0.15) is 0 Å². The molecule has 0 fully saturated rings. The quantitative estimate of drug-likeness (QED) is 0.761. The van der Waals surface area contributed by atoms with Crippen LogP contribution in [0.1, 0.15) is 5.56 Å². The average Bonchev–Trinajstić information content (AvgIpc) is 2.25. The first-order chi connectivity index (χ1) is 7.95. The zero-order chi connectivity index (χ0) is 12.9. The lowest BCUT2D eigenvalue weighted by Crippen LogP contribution is -2.28. The maximum absolute atomic E-state index is 11.5. The molecule has 0 bridgehead atoms. The number of carbonyl (C=O) groups excluding carboxylic acids is 1. The van der Waals surface area contributed by atoms with Crippen LogP contribution in [0, 0.1) is 0 Å². The van der Waals surface area contributed by atoms with Crippen LogP contribution < -0.4 is 5.32 Å². The van der Waals surface area contributed by atoms with Crippen LogP contribution in [0.25, 0.3) is 0 Å². The van der Waals surface area contributed by atoms with Gasteiger partial charge in [-0.25, -0.2) is 8.42 Å². The second-order valence-corrected chi connectivity index (χ2v) is 5.61. The van der Waals surface area contributed by atoms with Crippen molar-refractivity contribution in [1.29, 1.82) is 0 Å². The molecule has 0 atom stereocenters. The Hall–Kier alpha value is -1.40. The van der Waals surface area contributed by atoms with Crippen molar-refractivity contribution in [2.75, 3.05) is 19.4 Å². The fourth-order valence-corrected chi connectivity index (χ4v) is 2.38. The summed E-state index contributed by atoms with van der Waals surface area (Å²) in [5, 5.41) is 11.0. The zero-order valence-electron chi connectivity index (χ0n) is 9.51. The van der Waals surface area contributed by atoms with E-state index in [2.05, 4.69) is 5.32 Å². The second kappa shape index (κ2) is 5.79. The lowest BCUT2D eigenvalue weighted by atomic mass is 10.1. The Balaban J connectivity index is 2.88. The van der Waals surface area contributed by atoms with Crippen molar-refractivity contribution in [1.82, 2.24) is 5.32 Å². The molecule has 0 aromatic heterocycles. The molecule has 0 heterocycles. The Morgan fingerprint density at radius 1 is 1.35 bits per heavy atom. The standard InChI is InChI=1S/C11H15NO4S/c1-17(15,16)10-5-3-2-4-9(10)8-11(14)12-6-7-13/h2-5,13H,6-8H2,1H3,(H,12,14). The van der Waals surface area contributed by atoms with Gasteiger partial charge in [0.2, 0.25) is 5.91 Å². The summed E-state index contributed by atoms with van der Waals surface area (Å²) in [6.07, 6.45) is 1.10. The molecule has 6 heteroatoms. The van der Waals surface area contributed by atoms with E-state index in [4.69, 9.17) is 5.11 Å². The number of hydrogen-bond donors (Lipinski definition) is 2. The second-order valence-electron chi connectivity index (χ2n) is 3.63. The number of rotatable bonds is 5. The summed E-state index contributed by atoms with van der Waals surface area (Å²) in [6, 6.07) is 6.38. The molecule has 1 aromatic carbocycles. The molecule has 0 saturated carbocycles. The van der Waals surface area contributed by atoms with E-state index in [-0.39, 0.29) is 30.4 Å². The van der Waals surface area contributed by atoms with E-state index in [1.807, 2.05) is 0 Å². The van der Waals surface area contributed by atoms with Crippen LogP contribution in [-0.4, -0.2) is 38.8 Å². The molecule has 1 aromatic rings. The van der Waals surface area contributed by atoms with E-state index in [0.717, 1.165) is 6.26 Å². The van der Waals surface area contributed by atoms with Crippen molar-refractivity contribution in [2.24, 2.45) is 0 Å². The van der Waals surface area contributed by atoms with Gasteiger partial charge in [-0.05, 0) is 11.6 Å². The predicted octanol–water partition coefficient (Wildman–Crippen LogP) is -0.259. The number of amides is 1. The molecule has 1 amide bonds. The van der Waals surface area contributed by atoms with Crippen LogP contribution in [0.2, 0.25) is 0 Å². The molecule has 5 nitrogen and oxygen atoms in total. The van der Waals surface area contributed by atoms with Gasteiger partial charge in [0.05, 0.1) is 17.9 Å². The van der Waals surface area contributed by atoms with Crippen LogP contribution in [0.5, 0.6) is 0 Å². The molecule has 0 aliphatic heterocycles. The topological polar surface area (TPSA) is 83.5 Å². The highest BCUT2D eigenvalue weighted by Gasteiger charge is 2.14. The van der Waals surface area contributed by atoms with E-state index in [9.17, 15) is 13.2 Å². The van der Waals surface area contributed by atoms with E-state index in [1.165, 1.54) is 6.07 Å². The smallest absolute Gasteiger partial charge is 0.224 e. The highest BCUT2D eigenvalue weighted by molar-refractivity contribution is 7.90. The van der Waals surface area contributed by atoms with E-state index >= 15 is 0 Å². The van der Waals surface area contributed by atoms with E-state index in [0.29, 0.717) is 5.56 Å². The number of aliphatic hydroxyl groups excluding tert-OH is 1. The summed E-state index contributed by atoms with van der Waals surface area (Å²) < 4.78 is 23.0. The normalized spacial score (nSPS) is 11.2. The summed E-state index contributed by atoms with van der Waals surface area (Å²) >= 11 is 0. The Morgan fingerprint density at radius 3 is 2.59 bits per heavy atom. The van der Waals surface area contributed by atoms with Gasteiger partial charge in [-0.1, -0.05) is 18.2 Å². The third-order valence-corrected chi connectivity index (χ3v) is 3.35. The number of hydrogen-bond acceptors (Lipinski definition) is 4. The molecule has 2 N–H and O–H groups in total. The number of sulfone groups is 1. The van der Waals surface area contributed by atoms with Crippen molar-refractivity contribution in [3.8, 4) is 0 Å². The van der Waals surface area contributed by atoms with Crippen LogP contribution in [0.15, 0.2) is 29.2 Å². The van der Waals surface area contributed by atoms with Crippen LogP contribution in [0.3, 0.4) is 0 Å². The molecule has 1 rings (SSSR count). The minimum absolute atomic E-state index is 0.0107. The van der Waals surface area contributed by atoms with Crippen molar-refractivity contribution in [3.63, 3.8) is 0 Å². The minimum atomic E-state index is -3.33. The van der Waals surface area contributed by atoms with Gasteiger partial charge in [0.25, 0.3) is 0 Å². The lowest BCUT2D eigenvalue weighted by molar-refractivity contribution is -0.120.